The number of amides is 3. The topological polar surface area (TPSA) is 70.8 Å². The Hall–Kier alpha value is -3.41. The lowest BCUT2D eigenvalue weighted by Gasteiger charge is -2.27. The molecule has 2 aliphatic rings. The van der Waals surface area contributed by atoms with Crippen molar-refractivity contribution in [2.75, 3.05) is 6.54 Å². The zero-order chi connectivity index (χ0) is 20.7. The van der Waals surface area contributed by atoms with E-state index in [0.717, 1.165) is 29.4 Å². The minimum atomic E-state index is -0.286. The molecule has 1 saturated carbocycles. The number of benzene rings is 2. The number of carbonyl (C=O) groups is 3. The van der Waals surface area contributed by atoms with Crippen molar-refractivity contribution in [2.45, 2.75) is 38.3 Å². The van der Waals surface area contributed by atoms with E-state index < -0.39 is 0 Å². The van der Waals surface area contributed by atoms with Gasteiger partial charge in [-0.3, -0.25) is 19.3 Å². The highest BCUT2D eigenvalue weighted by atomic mass is 16.3. The smallest absolute Gasteiger partial charge is 0.261 e. The molecule has 0 atom stereocenters. The van der Waals surface area contributed by atoms with Crippen LogP contribution < -0.4 is 0 Å². The molecule has 3 aromatic rings. The maximum absolute atomic E-state index is 13.0. The van der Waals surface area contributed by atoms with Gasteiger partial charge in [-0.1, -0.05) is 24.3 Å². The normalized spacial score (nSPS) is 15.7. The Labute approximate surface area is 174 Å². The average molecular weight is 402 g/mol. The van der Waals surface area contributed by atoms with E-state index in [-0.39, 0.29) is 30.3 Å². The van der Waals surface area contributed by atoms with Crippen molar-refractivity contribution in [3.63, 3.8) is 0 Å². The van der Waals surface area contributed by atoms with Gasteiger partial charge in [-0.25, -0.2) is 0 Å². The van der Waals surface area contributed by atoms with E-state index in [4.69, 9.17) is 4.42 Å². The zero-order valence-electron chi connectivity index (χ0n) is 16.5. The first-order valence-electron chi connectivity index (χ1n) is 10.3. The molecular formula is C24H22N2O4. The second-order valence-electron chi connectivity index (χ2n) is 7.91. The average Bonchev–Trinajstić information content (AvgIpc) is 3.47. The van der Waals surface area contributed by atoms with Gasteiger partial charge in [0.05, 0.1) is 12.8 Å². The molecule has 1 fully saturated rings. The molecule has 1 aliphatic carbocycles. The number of rotatable bonds is 7. The monoisotopic (exact) mass is 402 g/mol. The van der Waals surface area contributed by atoms with Crippen LogP contribution in [0.4, 0.5) is 0 Å². The van der Waals surface area contributed by atoms with Gasteiger partial charge in [-0.2, -0.15) is 0 Å². The van der Waals surface area contributed by atoms with Gasteiger partial charge in [0.15, 0.2) is 0 Å². The van der Waals surface area contributed by atoms with E-state index in [9.17, 15) is 14.4 Å². The van der Waals surface area contributed by atoms with Gasteiger partial charge >= 0.3 is 0 Å². The number of hydrogen-bond acceptors (Lipinski definition) is 4. The molecular weight excluding hydrogens is 380 g/mol. The Bertz CT molecular complexity index is 1080. The van der Waals surface area contributed by atoms with Gasteiger partial charge in [-0.15, -0.1) is 0 Å². The molecule has 1 aromatic heterocycles. The van der Waals surface area contributed by atoms with Gasteiger partial charge < -0.3 is 9.32 Å². The van der Waals surface area contributed by atoms with Crippen LogP contribution in [0.25, 0.3) is 10.8 Å². The largest absolute Gasteiger partial charge is 0.467 e. The maximum atomic E-state index is 13.0. The first kappa shape index (κ1) is 18.6. The van der Waals surface area contributed by atoms with Crippen LogP contribution in [0.5, 0.6) is 0 Å². The van der Waals surface area contributed by atoms with Crippen molar-refractivity contribution in [1.29, 1.82) is 0 Å². The molecule has 5 rings (SSSR count). The predicted octanol–water partition coefficient (Wildman–Crippen LogP) is 4.00. The first-order valence-corrected chi connectivity index (χ1v) is 10.3. The van der Waals surface area contributed by atoms with Gasteiger partial charge in [0.2, 0.25) is 5.91 Å². The lowest BCUT2D eigenvalue weighted by molar-refractivity contribution is -0.132. The molecule has 0 bridgehead atoms. The summed E-state index contributed by atoms with van der Waals surface area (Å²) in [7, 11) is 0. The highest BCUT2D eigenvalue weighted by molar-refractivity contribution is 6.25. The van der Waals surface area contributed by atoms with Crippen molar-refractivity contribution < 1.29 is 18.8 Å². The molecule has 2 heterocycles. The second-order valence-corrected chi connectivity index (χ2v) is 7.91. The lowest BCUT2D eigenvalue weighted by atomic mass is 9.94. The van der Waals surface area contributed by atoms with E-state index in [1.807, 2.05) is 41.3 Å². The summed E-state index contributed by atoms with van der Waals surface area (Å²) in [6.45, 7) is 0.695. The van der Waals surface area contributed by atoms with Gasteiger partial charge in [0.1, 0.15) is 5.76 Å². The van der Waals surface area contributed by atoms with E-state index in [2.05, 4.69) is 0 Å². The van der Waals surface area contributed by atoms with E-state index >= 15 is 0 Å². The van der Waals surface area contributed by atoms with Crippen molar-refractivity contribution in [1.82, 2.24) is 9.80 Å². The summed E-state index contributed by atoms with van der Waals surface area (Å²) in [6, 6.07) is 14.9. The molecule has 0 N–H and O–H groups in total. The highest BCUT2D eigenvalue weighted by Gasteiger charge is 2.34. The zero-order valence-corrected chi connectivity index (χ0v) is 16.5. The minimum Gasteiger partial charge on any atom is -0.467 e. The molecule has 3 amide bonds. The molecule has 0 saturated heterocycles. The first-order chi connectivity index (χ1) is 14.6. The molecule has 0 unspecified atom stereocenters. The summed E-state index contributed by atoms with van der Waals surface area (Å²) in [5.41, 5.74) is 1.10. The van der Waals surface area contributed by atoms with E-state index in [0.29, 0.717) is 30.5 Å². The Morgan fingerprint density at radius 3 is 2.30 bits per heavy atom. The number of carbonyl (C=O) groups excluding carboxylic acids is 3. The molecule has 30 heavy (non-hydrogen) atoms. The summed E-state index contributed by atoms with van der Waals surface area (Å²) < 4.78 is 5.39. The van der Waals surface area contributed by atoms with Crippen molar-refractivity contribution in [2.24, 2.45) is 0 Å². The van der Waals surface area contributed by atoms with Crippen molar-refractivity contribution in [3.05, 3.63) is 71.7 Å². The second kappa shape index (κ2) is 7.44. The fourth-order valence-corrected chi connectivity index (χ4v) is 4.19. The summed E-state index contributed by atoms with van der Waals surface area (Å²) in [4.78, 5) is 41.8. The third-order valence-corrected chi connectivity index (χ3v) is 5.84. The van der Waals surface area contributed by atoms with Gasteiger partial charge in [0, 0.05) is 35.5 Å². The van der Waals surface area contributed by atoms with Crippen LogP contribution in [-0.2, 0) is 11.3 Å². The SMILES string of the molecule is O=C1c2cccc3cccc(c23)C(=O)N1CCCC(=O)N(Cc1ccco1)C1CC1. The lowest BCUT2D eigenvalue weighted by Crippen LogP contribution is -2.41. The number of furan rings is 1. The number of imide groups is 1. The number of nitrogens with zero attached hydrogens (tertiary/aromatic N) is 2. The third-order valence-electron chi connectivity index (χ3n) is 5.84. The van der Waals surface area contributed by atoms with Crippen LogP contribution in [0.2, 0.25) is 0 Å². The minimum absolute atomic E-state index is 0.0355. The standard InChI is InChI=1S/C24H22N2O4/c27-21(26(17-11-12-17)15-18-7-4-14-30-18)10-3-13-25-23(28)19-8-1-5-16-6-2-9-20(22(16)19)24(25)29/h1-2,4-9,14,17H,3,10-13,15H2. The summed E-state index contributed by atoms with van der Waals surface area (Å²) in [6.07, 6.45) is 4.36. The van der Waals surface area contributed by atoms with Crippen molar-refractivity contribution in [3.8, 4) is 0 Å². The fourth-order valence-electron chi connectivity index (χ4n) is 4.19. The summed E-state index contributed by atoms with van der Waals surface area (Å²) in [5, 5.41) is 1.61. The molecule has 1 aliphatic heterocycles. The molecule has 0 spiro atoms. The maximum Gasteiger partial charge on any atom is 0.261 e. The highest BCUT2D eigenvalue weighted by Crippen LogP contribution is 2.31. The summed E-state index contributed by atoms with van der Waals surface area (Å²) >= 11 is 0. The van der Waals surface area contributed by atoms with Gasteiger partial charge in [0.25, 0.3) is 11.8 Å². The quantitative estimate of drug-likeness (QED) is 0.560. The van der Waals surface area contributed by atoms with Crippen LogP contribution in [0.1, 0.15) is 52.2 Å². The molecule has 152 valence electrons. The van der Waals surface area contributed by atoms with Crippen LogP contribution in [-0.4, -0.2) is 40.1 Å². The van der Waals surface area contributed by atoms with Crippen LogP contribution in [0, 0.1) is 0 Å². The predicted molar refractivity (Wildman–Crippen MR) is 111 cm³/mol. The third kappa shape index (κ3) is 3.28. The molecule has 6 heteroatoms. The van der Waals surface area contributed by atoms with Crippen LogP contribution >= 0.6 is 0 Å². The fraction of sp³-hybridized carbons (Fsp3) is 0.292. The Morgan fingerprint density at radius 2 is 1.70 bits per heavy atom. The van der Waals surface area contributed by atoms with Gasteiger partial charge in [-0.05, 0) is 48.9 Å². The van der Waals surface area contributed by atoms with Crippen LogP contribution in [0.15, 0.2) is 59.2 Å². The molecule has 2 aromatic carbocycles. The van der Waals surface area contributed by atoms with Crippen molar-refractivity contribution >= 4 is 28.5 Å². The Balaban J connectivity index is 1.27. The Kier molecular flexibility index (Phi) is 4.62. The molecule has 0 radical (unpaired) electrons. The summed E-state index contributed by atoms with van der Waals surface area (Å²) in [5.74, 6) is 0.229. The van der Waals surface area contributed by atoms with E-state index in [1.54, 1.807) is 18.4 Å². The van der Waals surface area contributed by atoms with E-state index in [1.165, 1.54) is 4.90 Å². The molecule has 6 nitrogen and oxygen atoms in total. The number of hydrogen-bond donors (Lipinski definition) is 0. The Morgan fingerprint density at radius 1 is 1.00 bits per heavy atom. The van der Waals surface area contributed by atoms with Crippen LogP contribution in [0.3, 0.4) is 0 Å².